The molecule has 1 heterocycles. The fourth-order valence-corrected chi connectivity index (χ4v) is 5.67. The first-order valence-corrected chi connectivity index (χ1v) is 15.1. The molecule has 1 amide bonds. The quantitative estimate of drug-likeness (QED) is 0.329. The number of rotatable bonds is 7. The van der Waals surface area contributed by atoms with Crippen LogP contribution in [0.4, 0.5) is 4.39 Å². The van der Waals surface area contributed by atoms with E-state index in [1.54, 1.807) is 6.07 Å². The Morgan fingerprint density at radius 1 is 1.24 bits per heavy atom. The van der Waals surface area contributed by atoms with Gasteiger partial charge in [0.2, 0.25) is 5.91 Å². The standard InChI is InChI=1S/C27H35ClFNO3Si/c1-18-21-10-7-9-19(13-14-31)22(21)15-20(17-33-34(5,6)27(2,3)4)30(18)26(32)16-23-24(28)11-8-12-25(23)29/h7-12,14,18,20H,13,15-17H2,1-6H3/t18-,20+/m0/s1. The largest absolute Gasteiger partial charge is 0.415 e. The maximum absolute atomic E-state index is 14.5. The van der Waals surface area contributed by atoms with Crippen LogP contribution in [0.1, 0.15) is 56.0 Å². The predicted octanol–water partition coefficient (Wildman–Crippen LogP) is 6.30. The van der Waals surface area contributed by atoms with Gasteiger partial charge in [-0.05, 0) is 60.3 Å². The molecule has 0 radical (unpaired) electrons. The molecule has 4 nitrogen and oxygen atoms in total. The Hall–Kier alpha value is -2.02. The molecule has 0 unspecified atom stereocenters. The van der Waals surface area contributed by atoms with E-state index in [1.165, 1.54) is 12.1 Å². The summed E-state index contributed by atoms with van der Waals surface area (Å²) in [6.07, 6.45) is 1.73. The zero-order chi connectivity index (χ0) is 25.3. The molecular weight excluding hydrogens is 469 g/mol. The number of hydrogen-bond donors (Lipinski definition) is 0. The Balaban J connectivity index is 1.98. The van der Waals surface area contributed by atoms with Crippen LogP contribution in [-0.2, 0) is 33.3 Å². The highest BCUT2D eigenvalue weighted by molar-refractivity contribution is 6.74. The molecule has 0 N–H and O–H groups in total. The van der Waals surface area contributed by atoms with Crippen LogP contribution in [0.5, 0.6) is 0 Å². The van der Waals surface area contributed by atoms with Gasteiger partial charge >= 0.3 is 0 Å². The molecule has 0 aromatic heterocycles. The molecule has 184 valence electrons. The van der Waals surface area contributed by atoms with Crippen molar-refractivity contribution in [3.8, 4) is 0 Å². The van der Waals surface area contributed by atoms with Gasteiger partial charge < -0.3 is 14.1 Å². The number of amides is 1. The molecule has 7 heteroatoms. The summed E-state index contributed by atoms with van der Waals surface area (Å²) in [5.74, 6) is -0.664. The molecule has 1 aliphatic heterocycles. The maximum Gasteiger partial charge on any atom is 0.228 e. The first-order valence-electron chi connectivity index (χ1n) is 11.8. The van der Waals surface area contributed by atoms with Crippen molar-refractivity contribution in [3.63, 3.8) is 0 Å². The lowest BCUT2D eigenvalue weighted by molar-refractivity contribution is -0.137. The number of halogens is 2. The Kier molecular flexibility index (Phi) is 8.05. The van der Waals surface area contributed by atoms with Crippen molar-refractivity contribution in [3.05, 3.63) is 69.5 Å². The number of fused-ring (bicyclic) bond motifs is 1. The van der Waals surface area contributed by atoms with Gasteiger partial charge in [-0.25, -0.2) is 4.39 Å². The van der Waals surface area contributed by atoms with Gasteiger partial charge in [-0.3, -0.25) is 4.79 Å². The van der Waals surface area contributed by atoms with Gasteiger partial charge in [-0.15, -0.1) is 0 Å². The minimum Gasteiger partial charge on any atom is -0.415 e. The zero-order valence-electron chi connectivity index (χ0n) is 21.0. The van der Waals surface area contributed by atoms with Crippen LogP contribution in [-0.4, -0.2) is 38.1 Å². The van der Waals surface area contributed by atoms with Crippen molar-refractivity contribution >= 4 is 32.1 Å². The van der Waals surface area contributed by atoms with Gasteiger partial charge in [0, 0.05) is 17.0 Å². The molecule has 0 aliphatic carbocycles. The first kappa shape index (κ1) is 26.6. The minimum absolute atomic E-state index is 0.0312. The van der Waals surface area contributed by atoms with Crippen LogP contribution >= 0.6 is 11.6 Å². The predicted molar refractivity (Wildman–Crippen MR) is 137 cm³/mol. The minimum atomic E-state index is -2.06. The molecule has 3 rings (SSSR count). The number of nitrogens with zero attached hydrogens (tertiary/aromatic N) is 1. The van der Waals surface area contributed by atoms with E-state index in [-0.39, 0.29) is 40.0 Å². The highest BCUT2D eigenvalue weighted by Gasteiger charge is 2.41. The topological polar surface area (TPSA) is 46.6 Å². The molecule has 0 spiro atoms. The highest BCUT2D eigenvalue weighted by atomic mass is 35.5. The molecule has 1 aliphatic rings. The van der Waals surface area contributed by atoms with Crippen LogP contribution in [0, 0.1) is 5.82 Å². The second-order valence-corrected chi connectivity index (χ2v) is 15.9. The number of carbonyl (C=O) groups is 2. The third-order valence-electron chi connectivity index (χ3n) is 7.43. The van der Waals surface area contributed by atoms with E-state index in [4.69, 9.17) is 16.0 Å². The molecule has 2 atom stereocenters. The van der Waals surface area contributed by atoms with Crippen LogP contribution in [0.2, 0.25) is 23.2 Å². The van der Waals surface area contributed by atoms with Crippen LogP contribution in [0.15, 0.2) is 36.4 Å². The fourth-order valence-electron chi connectivity index (χ4n) is 4.40. The summed E-state index contributed by atoms with van der Waals surface area (Å²) < 4.78 is 21.0. The van der Waals surface area contributed by atoms with Crippen molar-refractivity contribution in [1.29, 1.82) is 0 Å². The van der Waals surface area contributed by atoms with Crippen LogP contribution < -0.4 is 0 Å². The normalized spacial score (nSPS) is 18.5. The molecule has 2 aromatic carbocycles. The summed E-state index contributed by atoms with van der Waals surface area (Å²) in [4.78, 5) is 26.8. The van der Waals surface area contributed by atoms with E-state index in [2.05, 4.69) is 33.9 Å². The summed E-state index contributed by atoms with van der Waals surface area (Å²) in [7, 11) is -2.06. The number of carbonyl (C=O) groups excluding carboxylic acids is 2. The molecular formula is C27H35ClFNO3Si. The van der Waals surface area contributed by atoms with E-state index in [0.29, 0.717) is 19.4 Å². The van der Waals surface area contributed by atoms with E-state index in [9.17, 15) is 14.0 Å². The molecule has 0 fully saturated rings. The van der Waals surface area contributed by atoms with Gasteiger partial charge in [0.15, 0.2) is 8.32 Å². The van der Waals surface area contributed by atoms with Crippen LogP contribution in [0.25, 0.3) is 0 Å². The zero-order valence-corrected chi connectivity index (χ0v) is 22.7. The molecule has 0 bridgehead atoms. The Morgan fingerprint density at radius 2 is 1.91 bits per heavy atom. The number of aldehydes is 1. The van der Waals surface area contributed by atoms with Gasteiger partial charge in [0.05, 0.1) is 25.1 Å². The average Bonchev–Trinajstić information content (AvgIpc) is 2.75. The van der Waals surface area contributed by atoms with Crippen molar-refractivity contribution in [1.82, 2.24) is 4.90 Å². The summed E-state index contributed by atoms with van der Waals surface area (Å²) in [5.41, 5.74) is 3.33. The second kappa shape index (κ2) is 10.3. The van der Waals surface area contributed by atoms with E-state index >= 15 is 0 Å². The van der Waals surface area contributed by atoms with Crippen molar-refractivity contribution in [2.45, 2.75) is 77.2 Å². The molecule has 0 saturated heterocycles. The number of benzene rings is 2. The SMILES string of the molecule is C[C@H]1c2cccc(CC=O)c2C[C@H](CO[Si](C)(C)C(C)(C)C)N1C(=O)Cc1c(F)cccc1Cl. The Labute approximate surface area is 208 Å². The monoisotopic (exact) mass is 503 g/mol. The summed E-state index contributed by atoms with van der Waals surface area (Å²) in [6.45, 7) is 13.3. The second-order valence-electron chi connectivity index (χ2n) is 10.6. The van der Waals surface area contributed by atoms with E-state index in [0.717, 1.165) is 23.0 Å². The Morgan fingerprint density at radius 3 is 2.53 bits per heavy atom. The lowest BCUT2D eigenvalue weighted by atomic mass is 9.85. The average molecular weight is 504 g/mol. The van der Waals surface area contributed by atoms with Crippen molar-refractivity contribution in [2.24, 2.45) is 0 Å². The van der Waals surface area contributed by atoms with Gasteiger partial charge in [0.25, 0.3) is 0 Å². The number of hydrogen-bond acceptors (Lipinski definition) is 3. The first-order chi connectivity index (χ1) is 15.9. The molecule has 2 aromatic rings. The summed E-state index contributed by atoms with van der Waals surface area (Å²) in [6, 6.07) is 9.92. The smallest absolute Gasteiger partial charge is 0.228 e. The highest BCUT2D eigenvalue weighted by Crippen LogP contribution is 2.39. The molecule has 0 saturated carbocycles. The Bertz CT molecular complexity index is 1050. The molecule has 34 heavy (non-hydrogen) atoms. The lowest BCUT2D eigenvalue weighted by Gasteiger charge is -2.45. The lowest BCUT2D eigenvalue weighted by Crippen LogP contribution is -2.52. The van der Waals surface area contributed by atoms with Gasteiger partial charge in [-0.1, -0.05) is 56.6 Å². The third kappa shape index (κ3) is 5.45. The summed E-state index contributed by atoms with van der Waals surface area (Å²) >= 11 is 6.23. The van der Waals surface area contributed by atoms with Crippen molar-refractivity contribution in [2.75, 3.05) is 6.61 Å². The fraction of sp³-hybridized carbons (Fsp3) is 0.481. The van der Waals surface area contributed by atoms with E-state index < -0.39 is 14.1 Å². The van der Waals surface area contributed by atoms with Gasteiger partial charge in [0.1, 0.15) is 12.1 Å². The van der Waals surface area contributed by atoms with Gasteiger partial charge in [-0.2, -0.15) is 0 Å². The summed E-state index contributed by atoms with van der Waals surface area (Å²) in [5, 5.41) is 0.282. The maximum atomic E-state index is 14.5. The van der Waals surface area contributed by atoms with E-state index in [1.807, 2.05) is 30.0 Å². The van der Waals surface area contributed by atoms with Crippen molar-refractivity contribution < 1.29 is 18.4 Å². The van der Waals surface area contributed by atoms with Crippen LogP contribution in [0.3, 0.4) is 0 Å². The third-order valence-corrected chi connectivity index (χ3v) is 12.3.